The highest BCUT2D eigenvalue weighted by Crippen LogP contribution is 2.34. The first kappa shape index (κ1) is 77.7. The number of nitrogens with zero attached hydrogens (tertiary/aromatic N) is 4. The molecule has 1 saturated heterocycles. The number of rotatable bonds is 43. The van der Waals surface area contributed by atoms with Crippen molar-refractivity contribution in [3.8, 4) is 5.75 Å². The van der Waals surface area contributed by atoms with Gasteiger partial charge >= 0.3 is 6.03 Å². The largest absolute Gasteiger partial charge is 0.484 e. The maximum Gasteiger partial charge on any atom is 0.312 e. The fourth-order valence-electron chi connectivity index (χ4n) is 12.4. The number of hydrogen-bond donors (Lipinski definition) is 5. The predicted molar refractivity (Wildman–Crippen MR) is 353 cm³/mol. The summed E-state index contributed by atoms with van der Waals surface area (Å²) in [4.78, 5) is 138. The molecule has 2 heterocycles. The van der Waals surface area contributed by atoms with Crippen molar-refractivity contribution >= 4 is 69.9 Å². The second-order valence-corrected chi connectivity index (χ2v) is 26.3. The van der Waals surface area contributed by atoms with Crippen LogP contribution in [0.3, 0.4) is 0 Å². The summed E-state index contributed by atoms with van der Waals surface area (Å²) in [5, 5.41) is 10.9. The number of nitrogens with one attached hydrogen (secondary N) is 3. The van der Waals surface area contributed by atoms with E-state index in [1.807, 2.05) is 76.9 Å². The first-order valence-corrected chi connectivity index (χ1v) is 33.3. The molecule has 24 heteroatoms. The summed E-state index contributed by atoms with van der Waals surface area (Å²) in [5.74, 6) is -0.384. The third-order valence-electron chi connectivity index (χ3n) is 17.7. The number of thiazole rings is 1. The van der Waals surface area contributed by atoms with Crippen LogP contribution < -0.4 is 32.3 Å². The number of aromatic nitrogens is 1. The lowest BCUT2D eigenvalue weighted by atomic mass is 9.83. The van der Waals surface area contributed by atoms with Gasteiger partial charge in [-0.2, -0.15) is 0 Å². The molecule has 1 aromatic heterocycles. The molecule has 1 aliphatic heterocycles. The van der Waals surface area contributed by atoms with E-state index < -0.39 is 78.4 Å². The number of methoxy groups -OCH3 is 2. The Balaban J connectivity index is 1.40. The lowest BCUT2D eigenvalue weighted by Gasteiger charge is -2.41. The minimum atomic E-state index is -0.908. The molecule has 1 aliphatic rings. The zero-order chi connectivity index (χ0) is 68.2. The Morgan fingerprint density at radius 2 is 1.49 bits per heavy atom. The lowest BCUT2D eigenvalue weighted by Crippen LogP contribution is -2.54. The predicted octanol–water partition coefficient (Wildman–Crippen LogP) is 7.54. The van der Waals surface area contributed by atoms with Crippen molar-refractivity contribution in [1.82, 2.24) is 30.3 Å². The number of carbonyl (C=O) groups excluding carboxylic acids is 9. The molecule has 512 valence electrons. The first-order valence-electron chi connectivity index (χ1n) is 32.4. The van der Waals surface area contributed by atoms with Gasteiger partial charge < -0.3 is 60.2 Å². The SMILES string of the molecule is CC[C@H](C)[C@@H]([C@@H](CC(=O)N1CCC[C@H]1[C@H](OC)[C@@H](C)C(=O)C[C@@H](Cc1ccccc1)c1nccs1)OC)N(C)C(=O)[C@@H](CC(=O)[C@H](C(C)C)N(C)C(=O)COc1ccc(NC(=O)[C@H](CCCNC(N)=O)CC(=O)[C@@H](NC(=O)CCOCCON)C(C)C)cc1)C(C)C. The van der Waals surface area contributed by atoms with Crippen molar-refractivity contribution in [3.05, 3.63) is 76.7 Å². The molecule has 0 bridgehead atoms. The van der Waals surface area contributed by atoms with Crippen LogP contribution in [0.1, 0.15) is 143 Å². The molecular formula is C68H105N9O14S. The van der Waals surface area contributed by atoms with E-state index in [2.05, 4.69) is 37.9 Å². The number of urea groups is 1. The molecule has 7 N–H and O–H groups in total. The van der Waals surface area contributed by atoms with Gasteiger partial charge in [-0.1, -0.05) is 99.1 Å². The number of ether oxygens (including phenoxy) is 4. The number of hydrogen-bond acceptors (Lipinski definition) is 17. The number of anilines is 1. The standard InChI is InChI=1S/C68H105N9O14S/c1-14-45(8)63(57(87-12)40-59(82)77-31-19-23-53(77)64(88-13)46(9)54(78)38-49(66-71-30-35-92-66)36-47-20-16-15-17-21-47)76(11)67(85)52(42(2)3)39-56(80)62(44(6)7)75(10)60(83)41-90-51-26-24-50(25-27-51)73-65(84)48(22-18-29-72-68(69)86)37-55(79)61(43(4)5)74-58(81)28-32-89-33-34-91-70/h15-17,20-21,24-27,30,35,42-46,48-49,52-53,57,61-64H,14,18-19,22-23,28-29,31-34,36-41,70H2,1-13H3,(H,73,84)(H,74,81)(H3,69,72,86)/t45-,46-,48+,49+,52-,53-,57+,61-,62-,63-,64+/m0/s1. The second kappa shape index (κ2) is 39.8. The van der Waals surface area contributed by atoms with E-state index >= 15 is 0 Å². The molecule has 0 aliphatic carbocycles. The van der Waals surface area contributed by atoms with Crippen LogP contribution in [-0.2, 0) is 63.8 Å². The summed E-state index contributed by atoms with van der Waals surface area (Å²) in [6, 6.07) is 12.9. The molecule has 4 rings (SSSR count). The van der Waals surface area contributed by atoms with Crippen LogP contribution in [0.25, 0.3) is 0 Å². The number of nitrogens with two attached hydrogens (primary N) is 2. The summed E-state index contributed by atoms with van der Waals surface area (Å²) in [6.07, 6.45) is 3.64. The van der Waals surface area contributed by atoms with Crippen LogP contribution in [0, 0.1) is 41.4 Å². The molecule has 2 aromatic carbocycles. The van der Waals surface area contributed by atoms with Crippen LogP contribution in [0.4, 0.5) is 10.5 Å². The minimum absolute atomic E-state index is 0.00337. The van der Waals surface area contributed by atoms with E-state index in [1.54, 1.807) is 70.5 Å². The average molecular weight is 1300 g/mol. The number of amides is 7. The molecule has 7 amide bonds. The van der Waals surface area contributed by atoms with Crippen molar-refractivity contribution < 1.29 is 66.9 Å². The molecule has 92 heavy (non-hydrogen) atoms. The van der Waals surface area contributed by atoms with Crippen LogP contribution in [0.5, 0.6) is 5.75 Å². The lowest BCUT2D eigenvalue weighted by molar-refractivity contribution is -0.150. The third-order valence-corrected chi connectivity index (χ3v) is 18.7. The van der Waals surface area contributed by atoms with Gasteiger partial charge in [0.1, 0.15) is 11.5 Å². The van der Waals surface area contributed by atoms with E-state index in [1.165, 1.54) is 23.3 Å². The van der Waals surface area contributed by atoms with Crippen LogP contribution in [0.2, 0.25) is 0 Å². The quantitative estimate of drug-likeness (QED) is 0.0270. The Labute approximate surface area is 548 Å². The van der Waals surface area contributed by atoms with Gasteiger partial charge in [0.2, 0.25) is 23.6 Å². The van der Waals surface area contributed by atoms with Gasteiger partial charge in [-0.05, 0) is 85.6 Å². The van der Waals surface area contributed by atoms with E-state index in [4.69, 9.17) is 30.6 Å². The Morgan fingerprint density at radius 3 is 2.08 bits per heavy atom. The van der Waals surface area contributed by atoms with Gasteiger partial charge in [0, 0.05) is 108 Å². The molecule has 0 saturated carbocycles. The van der Waals surface area contributed by atoms with Gasteiger partial charge in [-0.3, -0.25) is 38.4 Å². The Bertz CT molecular complexity index is 2790. The molecule has 23 nitrogen and oxygen atoms in total. The second-order valence-electron chi connectivity index (χ2n) is 25.4. The Hall–Kier alpha value is -6.70. The van der Waals surface area contributed by atoms with Gasteiger partial charge in [-0.25, -0.2) is 15.7 Å². The van der Waals surface area contributed by atoms with Gasteiger partial charge in [-0.15, -0.1) is 11.3 Å². The van der Waals surface area contributed by atoms with E-state index in [9.17, 15) is 43.2 Å². The number of ketones is 3. The zero-order valence-electron chi connectivity index (χ0n) is 56.5. The fraction of sp³-hybridized carbons (Fsp3) is 0.647. The van der Waals surface area contributed by atoms with Gasteiger partial charge in [0.05, 0.1) is 67.6 Å². The normalized spacial score (nSPS) is 16.5. The summed E-state index contributed by atoms with van der Waals surface area (Å²) >= 11 is 1.54. The van der Waals surface area contributed by atoms with Crippen molar-refractivity contribution in [2.75, 3.05) is 73.1 Å². The monoisotopic (exact) mass is 1300 g/mol. The Kier molecular flexibility index (Phi) is 33.6. The van der Waals surface area contributed by atoms with Crippen LogP contribution in [-0.4, -0.2) is 177 Å². The number of likely N-dealkylation sites (tertiary alicyclic amines) is 1. The summed E-state index contributed by atoms with van der Waals surface area (Å²) < 4.78 is 23.5. The Morgan fingerprint density at radius 1 is 0.793 bits per heavy atom. The van der Waals surface area contributed by atoms with Gasteiger partial charge in [0.25, 0.3) is 5.91 Å². The number of primary amides is 1. The maximum atomic E-state index is 14.9. The highest BCUT2D eigenvalue weighted by molar-refractivity contribution is 7.09. The van der Waals surface area contributed by atoms with Gasteiger partial charge in [0.15, 0.2) is 18.2 Å². The highest BCUT2D eigenvalue weighted by Gasteiger charge is 2.44. The maximum absolute atomic E-state index is 14.9. The van der Waals surface area contributed by atoms with E-state index in [0.717, 1.165) is 17.0 Å². The van der Waals surface area contributed by atoms with Crippen LogP contribution >= 0.6 is 11.3 Å². The first-order chi connectivity index (χ1) is 43.8. The minimum Gasteiger partial charge on any atom is -0.484 e. The number of Topliss-reactive ketones (excluding diaryl/α,β-unsaturated/α-hetero) is 3. The topological polar surface area (TPSA) is 311 Å². The number of likely N-dealkylation sites (N-methyl/N-ethyl adjacent to an activating group) is 2. The van der Waals surface area contributed by atoms with E-state index in [0.29, 0.717) is 43.7 Å². The fourth-order valence-corrected chi connectivity index (χ4v) is 13.1. The molecular weight excluding hydrogens is 1200 g/mol. The summed E-state index contributed by atoms with van der Waals surface area (Å²) in [6.45, 7) is 17.6. The molecule has 0 spiro atoms. The smallest absolute Gasteiger partial charge is 0.312 e. The van der Waals surface area contributed by atoms with Crippen molar-refractivity contribution in [1.29, 1.82) is 0 Å². The molecule has 11 atom stereocenters. The molecule has 0 radical (unpaired) electrons. The number of carbonyl (C=O) groups is 9. The van der Waals surface area contributed by atoms with Crippen molar-refractivity contribution in [2.45, 2.75) is 175 Å². The highest BCUT2D eigenvalue weighted by atomic mass is 32.1. The van der Waals surface area contributed by atoms with Crippen molar-refractivity contribution in [3.63, 3.8) is 0 Å². The summed E-state index contributed by atoms with van der Waals surface area (Å²) in [5.41, 5.74) is 6.74. The van der Waals surface area contributed by atoms with E-state index in [-0.39, 0.29) is 130 Å². The number of benzene rings is 2. The van der Waals surface area contributed by atoms with Crippen molar-refractivity contribution in [2.24, 2.45) is 53.1 Å². The summed E-state index contributed by atoms with van der Waals surface area (Å²) in [7, 11) is 6.38. The molecule has 3 aromatic rings. The molecule has 1 fully saturated rings. The average Bonchev–Trinajstić information content (AvgIpc) is 1.35. The third kappa shape index (κ3) is 24.0. The van der Waals surface area contributed by atoms with Crippen LogP contribution in [0.15, 0.2) is 66.2 Å². The zero-order valence-corrected chi connectivity index (χ0v) is 57.3. The molecule has 0 unspecified atom stereocenters.